The van der Waals surface area contributed by atoms with Gasteiger partial charge in [0.05, 0.1) is 5.56 Å². The van der Waals surface area contributed by atoms with E-state index in [1.807, 2.05) is 0 Å². The summed E-state index contributed by atoms with van der Waals surface area (Å²) in [5.41, 5.74) is 0.432. The summed E-state index contributed by atoms with van der Waals surface area (Å²) in [5.74, 6) is 1.97. The number of amides is 1. The molecule has 0 radical (unpaired) electrons. The molecule has 1 unspecified atom stereocenters. The molecule has 1 saturated heterocycles. The minimum absolute atomic E-state index is 0.116. The number of terminal acetylenes is 1. The average molecular weight is 248 g/mol. The van der Waals surface area contributed by atoms with E-state index in [2.05, 4.69) is 10.9 Å². The number of nitrogens with zero attached hydrogens (tertiary/aromatic N) is 2. The Bertz CT molecular complexity index is 562. The Morgan fingerprint density at radius 2 is 2.24 bits per heavy atom. The first-order valence-corrected chi connectivity index (χ1v) is 6.13. The number of hydrogen-bond acceptors (Lipinski definition) is 4. The van der Waals surface area contributed by atoms with Crippen LogP contribution in [0.2, 0.25) is 0 Å². The van der Waals surface area contributed by atoms with Gasteiger partial charge in [0.15, 0.2) is 5.82 Å². The van der Waals surface area contributed by atoms with E-state index in [0.717, 1.165) is 0 Å². The molecule has 2 heterocycles. The van der Waals surface area contributed by atoms with Crippen molar-refractivity contribution in [3.8, 4) is 12.3 Å². The molecule has 1 aliphatic rings. The van der Waals surface area contributed by atoms with Crippen molar-refractivity contribution in [2.45, 2.75) is 0 Å². The molecule has 0 spiro atoms. The summed E-state index contributed by atoms with van der Waals surface area (Å²) < 4.78 is 11.2. The number of hydrogen-bond donors (Lipinski definition) is 0. The van der Waals surface area contributed by atoms with Gasteiger partial charge in [-0.3, -0.25) is 18.7 Å². The lowest BCUT2D eigenvalue weighted by Crippen LogP contribution is -2.47. The number of carbonyl (C=O) groups excluding carboxylic acids is 2. The van der Waals surface area contributed by atoms with E-state index >= 15 is 0 Å². The molecule has 6 heteroatoms. The van der Waals surface area contributed by atoms with Gasteiger partial charge in [0.1, 0.15) is 10.8 Å². The second-order valence-corrected chi connectivity index (χ2v) is 4.78. The highest BCUT2D eigenvalue weighted by Crippen LogP contribution is 2.19. The number of rotatable bonds is 1. The fraction of sp³-hybridized carbons (Fsp3) is 0.182. The van der Waals surface area contributed by atoms with Crippen LogP contribution >= 0.6 is 0 Å². The fourth-order valence-electron chi connectivity index (χ4n) is 1.50. The maximum Gasteiger partial charge on any atom is 0.309 e. The summed E-state index contributed by atoms with van der Waals surface area (Å²) in [6.45, 7) is 0.183. The second-order valence-electron chi connectivity index (χ2n) is 3.31. The zero-order valence-electron chi connectivity index (χ0n) is 8.75. The average Bonchev–Trinajstić information content (AvgIpc) is 2.36. The van der Waals surface area contributed by atoms with Gasteiger partial charge < -0.3 is 0 Å². The quantitative estimate of drug-likeness (QED) is 0.505. The minimum atomic E-state index is -1.73. The highest BCUT2D eigenvalue weighted by Gasteiger charge is 2.34. The van der Waals surface area contributed by atoms with Crippen LogP contribution in [-0.4, -0.2) is 32.5 Å². The van der Waals surface area contributed by atoms with Crippen molar-refractivity contribution < 1.29 is 13.8 Å². The molecule has 0 saturated carbocycles. The Kier molecular flexibility index (Phi) is 3.02. The Morgan fingerprint density at radius 1 is 1.47 bits per heavy atom. The lowest BCUT2D eigenvalue weighted by Gasteiger charge is -2.24. The van der Waals surface area contributed by atoms with Gasteiger partial charge in [0.25, 0.3) is 0 Å². The summed E-state index contributed by atoms with van der Waals surface area (Å²) in [6.07, 6.45) is 6.78. The largest absolute Gasteiger partial charge is 0.309 e. The van der Waals surface area contributed by atoms with Crippen LogP contribution in [0.4, 0.5) is 5.82 Å². The molecule has 0 aromatic carbocycles. The Labute approximate surface area is 100 Å². The third-order valence-electron chi connectivity index (χ3n) is 2.32. The van der Waals surface area contributed by atoms with Gasteiger partial charge in [0.2, 0.25) is 0 Å². The molecule has 17 heavy (non-hydrogen) atoms. The SMILES string of the molecule is C#Cc1cccnc1N1CCS(=O)C(=O)C1=O. The summed E-state index contributed by atoms with van der Waals surface area (Å²) in [4.78, 5) is 28.2. The van der Waals surface area contributed by atoms with Crippen LogP contribution in [0.3, 0.4) is 0 Å². The van der Waals surface area contributed by atoms with Crippen molar-refractivity contribution in [2.75, 3.05) is 17.2 Å². The molecule has 5 nitrogen and oxygen atoms in total. The van der Waals surface area contributed by atoms with E-state index < -0.39 is 21.8 Å². The minimum Gasteiger partial charge on any atom is -0.287 e. The summed E-state index contributed by atoms with van der Waals surface area (Å²) in [7, 11) is -1.73. The van der Waals surface area contributed by atoms with Gasteiger partial charge in [-0.1, -0.05) is 5.92 Å². The van der Waals surface area contributed by atoms with Crippen molar-refractivity contribution in [1.82, 2.24) is 4.98 Å². The van der Waals surface area contributed by atoms with Crippen molar-refractivity contribution in [2.24, 2.45) is 0 Å². The molecule has 0 N–H and O–H groups in total. The smallest absolute Gasteiger partial charge is 0.287 e. The third-order valence-corrected chi connectivity index (χ3v) is 3.47. The predicted molar refractivity (Wildman–Crippen MR) is 62.5 cm³/mol. The lowest BCUT2D eigenvalue weighted by molar-refractivity contribution is -0.131. The number of carbonyl (C=O) groups is 2. The van der Waals surface area contributed by atoms with Gasteiger partial charge >= 0.3 is 11.0 Å². The van der Waals surface area contributed by atoms with E-state index in [1.165, 1.54) is 11.1 Å². The summed E-state index contributed by atoms with van der Waals surface area (Å²) in [6, 6.07) is 3.28. The Hall–Kier alpha value is -2.00. The fourth-order valence-corrected chi connectivity index (χ4v) is 2.34. The molecule has 1 amide bonds. The van der Waals surface area contributed by atoms with Crippen LogP contribution < -0.4 is 4.90 Å². The van der Waals surface area contributed by atoms with E-state index in [-0.39, 0.29) is 18.1 Å². The van der Waals surface area contributed by atoms with Crippen LogP contribution in [0.5, 0.6) is 0 Å². The van der Waals surface area contributed by atoms with Crippen LogP contribution in [0.25, 0.3) is 0 Å². The number of aromatic nitrogens is 1. The predicted octanol–water partition coefficient (Wildman–Crippen LogP) is -0.315. The van der Waals surface area contributed by atoms with Gasteiger partial charge in [-0.2, -0.15) is 0 Å². The Morgan fingerprint density at radius 3 is 2.94 bits per heavy atom. The van der Waals surface area contributed by atoms with E-state index in [4.69, 9.17) is 6.42 Å². The molecule has 86 valence electrons. The second kappa shape index (κ2) is 4.47. The zero-order valence-corrected chi connectivity index (χ0v) is 9.57. The monoisotopic (exact) mass is 248 g/mol. The molecule has 2 rings (SSSR count). The molecule has 1 aromatic heterocycles. The van der Waals surface area contributed by atoms with Gasteiger partial charge in [0, 0.05) is 18.5 Å². The molecule has 1 aliphatic heterocycles. The van der Waals surface area contributed by atoms with Crippen LogP contribution in [0.15, 0.2) is 18.3 Å². The number of pyridine rings is 1. The van der Waals surface area contributed by atoms with Gasteiger partial charge in [-0.05, 0) is 12.1 Å². The van der Waals surface area contributed by atoms with E-state index in [1.54, 1.807) is 12.1 Å². The van der Waals surface area contributed by atoms with Crippen molar-refractivity contribution in [1.29, 1.82) is 0 Å². The third kappa shape index (κ3) is 1.97. The van der Waals surface area contributed by atoms with Crippen molar-refractivity contribution >= 4 is 27.6 Å². The van der Waals surface area contributed by atoms with Crippen LogP contribution in [0.1, 0.15) is 5.56 Å². The van der Waals surface area contributed by atoms with Gasteiger partial charge in [-0.15, -0.1) is 6.42 Å². The molecule has 1 atom stereocenters. The molecular formula is C11H8N2O3S. The maximum absolute atomic E-state index is 11.7. The zero-order chi connectivity index (χ0) is 12.4. The molecule has 0 aliphatic carbocycles. The first-order chi connectivity index (χ1) is 8.15. The van der Waals surface area contributed by atoms with Crippen LogP contribution in [-0.2, 0) is 20.4 Å². The van der Waals surface area contributed by atoms with Crippen molar-refractivity contribution in [3.05, 3.63) is 23.9 Å². The number of anilines is 1. The Balaban J connectivity index is 2.42. The molecule has 0 bridgehead atoms. The molecular weight excluding hydrogens is 240 g/mol. The lowest BCUT2D eigenvalue weighted by atomic mass is 10.2. The van der Waals surface area contributed by atoms with E-state index in [9.17, 15) is 13.8 Å². The normalized spacial score (nSPS) is 20.2. The van der Waals surface area contributed by atoms with Crippen LogP contribution in [0, 0.1) is 12.3 Å². The molecule has 1 fully saturated rings. The first-order valence-electron chi connectivity index (χ1n) is 4.81. The summed E-state index contributed by atoms with van der Waals surface area (Å²) >= 11 is 0. The van der Waals surface area contributed by atoms with E-state index in [0.29, 0.717) is 5.56 Å². The highest BCUT2D eigenvalue weighted by molar-refractivity contribution is 8.02. The highest BCUT2D eigenvalue weighted by atomic mass is 32.2. The van der Waals surface area contributed by atoms with Crippen molar-refractivity contribution in [3.63, 3.8) is 0 Å². The standard InChI is InChI=1S/C11H8N2O3S/c1-2-8-4-3-5-12-9(8)13-6-7-17(16)11(15)10(13)14/h1,3-5H,6-7H2. The maximum atomic E-state index is 11.7. The molecule has 1 aromatic rings. The first kappa shape index (κ1) is 11.5. The van der Waals surface area contributed by atoms with Gasteiger partial charge in [-0.25, -0.2) is 4.98 Å². The topological polar surface area (TPSA) is 67.3 Å². The summed E-state index contributed by atoms with van der Waals surface area (Å²) in [5, 5.41) is -0.898.